The molecule has 1 N–H and O–H groups in total. The highest BCUT2D eigenvalue weighted by Crippen LogP contribution is 2.38. The molecule has 0 bridgehead atoms. The van der Waals surface area contributed by atoms with E-state index in [1.807, 2.05) is 0 Å². The number of halogens is 1. The van der Waals surface area contributed by atoms with Crippen LogP contribution >= 0.6 is 0 Å². The number of aliphatic hydroxyl groups is 1. The highest BCUT2D eigenvalue weighted by atomic mass is 32.2. The van der Waals surface area contributed by atoms with Gasteiger partial charge in [-0.15, -0.1) is 0 Å². The van der Waals surface area contributed by atoms with Crippen molar-refractivity contribution in [1.82, 2.24) is 0 Å². The summed E-state index contributed by atoms with van der Waals surface area (Å²) in [6.07, 6.45) is 2.74. The average molecular weight is 244 g/mol. The van der Waals surface area contributed by atoms with Gasteiger partial charge in [-0.05, 0) is 36.6 Å². The number of hydrogen-bond acceptors (Lipinski definition) is 3. The zero-order chi connectivity index (χ0) is 12.0. The van der Waals surface area contributed by atoms with Crippen LogP contribution in [0.1, 0.15) is 18.4 Å². The second-order valence-corrected chi connectivity index (χ2v) is 6.48. The van der Waals surface area contributed by atoms with E-state index in [0.29, 0.717) is 24.8 Å². The summed E-state index contributed by atoms with van der Waals surface area (Å²) in [6, 6.07) is 3.69. The number of sulfone groups is 1. The van der Waals surface area contributed by atoms with E-state index < -0.39 is 21.3 Å². The maximum Gasteiger partial charge on any atom is 0.175 e. The maximum absolute atomic E-state index is 13.2. The van der Waals surface area contributed by atoms with Crippen LogP contribution in [0.4, 0.5) is 4.39 Å². The van der Waals surface area contributed by atoms with E-state index in [-0.39, 0.29) is 4.90 Å². The summed E-state index contributed by atoms with van der Waals surface area (Å²) in [5, 5.41) is 9.69. The van der Waals surface area contributed by atoms with Crippen LogP contribution in [0.5, 0.6) is 0 Å². The van der Waals surface area contributed by atoms with Gasteiger partial charge in [0.2, 0.25) is 0 Å². The minimum Gasteiger partial charge on any atom is -0.390 e. The van der Waals surface area contributed by atoms with E-state index in [2.05, 4.69) is 0 Å². The molecule has 0 aliphatic heterocycles. The Morgan fingerprint density at radius 2 is 2.00 bits per heavy atom. The Bertz CT molecular complexity index is 518. The summed E-state index contributed by atoms with van der Waals surface area (Å²) in [5.41, 5.74) is -0.219. The van der Waals surface area contributed by atoms with Crippen molar-refractivity contribution in [3.05, 3.63) is 29.6 Å². The van der Waals surface area contributed by atoms with Crippen LogP contribution in [0.2, 0.25) is 0 Å². The molecule has 1 aromatic carbocycles. The van der Waals surface area contributed by atoms with Gasteiger partial charge in [0.1, 0.15) is 5.82 Å². The predicted octanol–water partition coefficient (Wildman–Crippen LogP) is 1.30. The third-order valence-corrected chi connectivity index (χ3v) is 3.81. The first kappa shape index (κ1) is 11.5. The fraction of sp³-hybridized carbons (Fsp3) is 0.455. The van der Waals surface area contributed by atoms with Crippen molar-refractivity contribution in [2.24, 2.45) is 0 Å². The topological polar surface area (TPSA) is 54.4 Å². The molecule has 16 heavy (non-hydrogen) atoms. The molecule has 1 saturated carbocycles. The molecular formula is C11H13FO3S. The SMILES string of the molecule is CS(=O)(=O)c1cc(F)cc(CC2(O)CC2)c1. The fourth-order valence-corrected chi connectivity index (χ4v) is 2.33. The molecule has 1 aliphatic rings. The van der Waals surface area contributed by atoms with Crippen molar-refractivity contribution in [1.29, 1.82) is 0 Å². The first-order valence-electron chi connectivity index (χ1n) is 5.00. The standard InChI is InChI=1S/C11H13FO3S/c1-16(14,15)10-5-8(4-9(12)6-10)7-11(13)2-3-11/h4-6,13H,2-3,7H2,1H3. The lowest BCUT2D eigenvalue weighted by atomic mass is 10.1. The molecule has 2 rings (SSSR count). The van der Waals surface area contributed by atoms with E-state index >= 15 is 0 Å². The van der Waals surface area contributed by atoms with Gasteiger partial charge in [-0.2, -0.15) is 0 Å². The van der Waals surface area contributed by atoms with Gasteiger partial charge < -0.3 is 5.11 Å². The normalized spacial score (nSPS) is 18.4. The molecule has 0 aromatic heterocycles. The molecule has 88 valence electrons. The Labute approximate surface area is 93.8 Å². The summed E-state index contributed by atoms with van der Waals surface area (Å²) in [4.78, 5) is -0.0354. The molecule has 1 fully saturated rings. The zero-order valence-electron chi connectivity index (χ0n) is 8.90. The summed E-state index contributed by atoms with van der Waals surface area (Å²) >= 11 is 0. The highest BCUT2D eigenvalue weighted by Gasteiger charge is 2.40. The molecule has 0 spiro atoms. The van der Waals surface area contributed by atoms with Gasteiger partial charge in [0, 0.05) is 12.7 Å². The van der Waals surface area contributed by atoms with Gasteiger partial charge in [-0.1, -0.05) is 0 Å². The Hall–Kier alpha value is -0.940. The number of hydrogen-bond donors (Lipinski definition) is 1. The molecule has 0 amide bonds. The quantitative estimate of drug-likeness (QED) is 0.872. The molecule has 0 radical (unpaired) electrons. The average Bonchev–Trinajstić information content (AvgIpc) is 2.80. The Balaban J connectivity index is 2.36. The molecule has 1 aliphatic carbocycles. The van der Waals surface area contributed by atoms with Crippen LogP contribution in [-0.2, 0) is 16.3 Å². The lowest BCUT2D eigenvalue weighted by Gasteiger charge is -2.09. The Morgan fingerprint density at radius 1 is 1.38 bits per heavy atom. The molecule has 0 saturated heterocycles. The lowest BCUT2D eigenvalue weighted by Crippen LogP contribution is -2.11. The monoisotopic (exact) mass is 244 g/mol. The Morgan fingerprint density at radius 3 is 2.50 bits per heavy atom. The van der Waals surface area contributed by atoms with Crippen LogP contribution in [0, 0.1) is 5.82 Å². The van der Waals surface area contributed by atoms with Crippen LogP contribution in [0.3, 0.4) is 0 Å². The van der Waals surface area contributed by atoms with Gasteiger partial charge in [-0.3, -0.25) is 0 Å². The summed E-state index contributed by atoms with van der Waals surface area (Å²) in [6.45, 7) is 0. The van der Waals surface area contributed by atoms with Crippen molar-refractivity contribution in [3.63, 3.8) is 0 Å². The molecule has 3 nitrogen and oxygen atoms in total. The van der Waals surface area contributed by atoms with Crippen molar-refractivity contribution >= 4 is 9.84 Å². The Kier molecular flexibility index (Phi) is 2.55. The van der Waals surface area contributed by atoms with Crippen molar-refractivity contribution in [2.45, 2.75) is 29.8 Å². The van der Waals surface area contributed by atoms with E-state index in [9.17, 15) is 17.9 Å². The second-order valence-electron chi connectivity index (χ2n) is 4.47. The number of rotatable bonds is 3. The van der Waals surface area contributed by atoms with Crippen LogP contribution in [0.25, 0.3) is 0 Å². The van der Waals surface area contributed by atoms with Gasteiger partial charge in [-0.25, -0.2) is 12.8 Å². The lowest BCUT2D eigenvalue weighted by molar-refractivity contribution is 0.151. The fourth-order valence-electron chi connectivity index (χ4n) is 1.64. The zero-order valence-corrected chi connectivity index (χ0v) is 9.72. The smallest absolute Gasteiger partial charge is 0.175 e. The van der Waals surface area contributed by atoms with E-state index in [4.69, 9.17) is 0 Å². The molecular weight excluding hydrogens is 231 g/mol. The minimum atomic E-state index is -3.40. The third kappa shape index (κ3) is 2.59. The van der Waals surface area contributed by atoms with Gasteiger partial charge in [0.05, 0.1) is 10.5 Å². The molecule has 0 unspecified atom stereocenters. The van der Waals surface area contributed by atoms with Gasteiger partial charge in [0.15, 0.2) is 9.84 Å². The molecule has 0 heterocycles. The number of benzene rings is 1. The molecule has 1 aromatic rings. The van der Waals surface area contributed by atoms with E-state index in [1.165, 1.54) is 12.1 Å². The third-order valence-electron chi connectivity index (χ3n) is 2.72. The maximum atomic E-state index is 13.2. The van der Waals surface area contributed by atoms with Gasteiger partial charge in [0.25, 0.3) is 0 Å². The van der Waals surface area contributed by atoms with Crippen molar-refractivity contribution in [2.75, 3.05) is 6.26 Å². The highest BCUT2D eigenvalue weighted by molar-refractivity contribution is 7.90. The van der Waals surface area contributed by atoms with Crippen molar-refractivity contribution in [3.8, 4) is 0 Å². The summed E-state index contributed by atoms with van der Waals surface area (Å²) < 4.78 is 35.8. The first-order valence-corrected chi connectivity index (χ1v) is 6.90. The van der Waals surface area contributed by atoms with Crippen LogP contribution in [-0.4, -0.2) is 25.4 Å². The minimum absolute atomic E-state index is 0.0354. The van der Waals surface area contributed by atoms with Crippen molar-refractivity contribution < 1.29 is 17.9 Å². The molecule has 0 atom stereocenters. The first-order chi connectivity index (χ1) is 7.28. The molecule has 5 heteroatoms. The van der Waals surface area contributed by atoms with Crippen LogP contribution in [0.15, 0.2) is 23.1 Å². The van der Waals surface area contributed by atoms with E-state index in [0.717, 1.165) is 12.3 Å². The van der Waals surface area contributed by atoms with Crippen LogP contribution < -0.4 is 0 Å². The van der Waals surface area contributed by atoms with E-state index in [1.54, 1.807) is 0 Å². The predicted molar refractivity (Wildman–Crippen MR) is 57.4 cm³/mol. The van der Waals surface area contributed by atoms with Gasteiger partial charge >= 0.3 is 0 Å². The second kappa shape index (κ2) is 3.53. The summed E-state index contributed by atoms with van der Waals surface area (Å²) in [7, 11) is -3.40. The largest absolute Gasteiger partial charge is 0.390 e. The summed E-state index contributed by atoms with van der Waals surface area (Å²) in [5.74, 6) is -0.581.